The van der Waals surface area contributed by atoms with Gasteiger partial charge >= 0.3 is 0 Å². The Labute approximate surface area is 120 Å². The van der Waals surface area contributed by atoms with E-state index in [0.29, 0.717) is 11.0 Å². The Morgan fingerprint density at radius 3 is 2.63 bits per heavy atom. The van der Waals surface area contributed by atoms with Crippen molar-refractivity contribution in [1.82, 2.24) is 10.0 Å². The molecule has 0 aliphatic carbocycles. The molecule has 0 spiro atoms. The first kappa shape index (κ1) is 15.9. The highest BCUT2D eigenvalue weighted by atomic mass is 79.9. The van der Waals surface area contributed by atoms with Gasteiger partial charge in [-0.05, 0) is 32.0 Å². The highest BCUT2D eigenvalue weighted by Gasteiger charge is 2.23. The molecular weight excluding hydrogens is 334 g/mol. The number of amides is 1. The Hall–Kier alpha value is -1.12. The molecule has 106 valence electrons. The van der Waals surface area contributed by atoms with E-state index in [1.54, 1.807) is 13.0 Å². The van der Waals surface area contributed by atoms with E-state index in [1.807, 2.05) is 0 Å². The molecule has 1 amide bonds. The predicted molar refractivity (Wildman–Crippen MR) is 77.0 cm³/mol. The Morgan fingerprint density at radius 1 is 1.47 bits per heavy atom. The number of nitrogens with two attached hydrogens (primary N) is 1. The van der Waals surface area contributed by atoms with Crippen LogP contribution in [0.4, 0.5) is 5.69 Å². The highest BCUT2D eigenvalue weighted by molar-refractivity contribution is 9.10. The lowest BCUT2D eigenvalue weighted by atomic mass is 10.3. The minimum Gasteiger partial charge on any atom is -0.398 e. The van der Waals surface area contributed by atoms with E-state index in [2.05, 4.69) is 26.0 Å². The topological polar surface area (TPSA) is 101 Å². The number of rotatable bonds is 5. The quantitative estimate of drug-likeness (QED) is 0.685. The van der Waals surface area contributed by atoms with Crippen LogP contribution in [0.5, 0.6) is 0 Å². The molecule has 1 atom stereocenters. The first-order chi connectivity index (χ1) is 8.77. The fraction of sp³-hybridized carbons (Fsp3) is 0.364. The summed E-state index contributed by atoms with van der Waals surface area (Å²) in [6.45, 7) is 3.66. The minimum absolute atomic E-state index is 0.0492. The van der Waals surface area contributed by atoms with Gasteiger partial charge in [-0.1, -0.05) is 15.9 Å². The fourth-order valence-electron chi connectivity index (χ4n) is 1.44. The molecule has 0 aromatic heterocycles. The van der Waals surface area contributed by atoms with Gasteiger partial charge in [0, 0.05) is 11.0 Å². The zero-order chi connectivity index (χ0) is 14.6. The van der Waals surface area contributed by atoms with E-state index in [-0.39, 0.29) is 16.5 Å². The first-order valence-electron chi connectivity index (χ1n) is 5.63. The van der Waals surface area contributed by atoms with E-state index < -0.39 is 16.1 Å². The van der Waals surface area contributed by atoms with E-state index >= 15 is 0 Å². The van der Waals surface area contributed by atoms with Gasteiger partial charge < -0.3 is 11.1 Å². The van der Waals surface area contributed by atoms with Crippen molar-refractivity contribution in [1.29, 1.82) is 0 Å². The normalized spacial score (nSPS) is 13.0. The van der Waals surface area contributed by atoms with Crippen molar-refractivity contribution in [2.75, 3.05) is 12.3 Å². The Kier molecular flexibility index (Phi) is 5.33. The van der Waals surface area contributed by atoms with Crippen molar-refractivity contribution < 1.29 is 13.2 Å². The zero-order valence-electron chi connectivity index (χ0n) is 10.6. The molecular formula is C11H16BrN3O3S. The first-order valence-corrected chi connectivity index (χ1v) is 7.90. The lowest BCUT2D eigenvalue weighted by Crippen LogP contribution is -2.44. The molecule has 0 heterocycles. The molecule has 1 rings (SSSR count). The third kappa shape index (κ3) is 4.19. The largest absolute Gasteiger partial charge is 0.398 e. The number of halogens is 1. The van der Waals surface area contributed by atoms with Crippen LogP contribution in [0.2, 0.25) is 0 Å². The average molecular weight is 350 g/mol. The second-order valence-electron chi connectivity index (χ2n) is 3.92. The van der Waals surface area contributed by atoms with Crippen LogP contribution in [-0.4, -0.2) is 26.9 Å². The van der Waals surface area contributed by atoms with Gasteiger partial charge in [-0.25, -0.2) is 8.42 Å². The summed E-state index contributed by atoms with van der Waals surface area (Å²) in [6.07, 6.45) is 0. The highest BCUT2D eigenvalue weighted by Crippen LogP contribution is 2.22. The molecule has 8 heteroatoms. The second-order valence-corrected chi connectivity index (χ2v) is 6.52. The molecule has 4 N–H and O–H groups in total. The molecule has 0 aliphatic heterocycles. The maximum atomic E-state index is 12.1. The number of hydrogen-bond donors (Lipinski definition) is 3. The zero-order valence-corrected chi connectivity index (χ0v) is 13.0. The third-order valence-corrected chi connectivity index (χ3v) is 4.45. The lowest BCUT2D eigenvalue weighted by Gasteiger charge is -2.14. The van der Waals surface area contributed by atoms with Gasteiger partial charge in [0.05, 0.1) is 11.7 Å². The smallest absolute Gasteiger partial charge is 0.243 e. The summed E-state index contributed by atoms with van der Waals surface area (Å²) in [6, 6.07) is 3.58. The number of nitrogens with one attached hydrogen (secondary N) is 2. The van der Waals surface area contributed by atoms with Gasteiger partial charge in [0.15, 0.2) is 0 Å². The van der Waals surface area contributed by atoms with Gasteiger partial charge in [0.2, 0.25) is 15.9 Å². The number of hydrogen-bond acceptors (Lipinski definition) is 4. The van der Waals surface area contributed by atoms with Crippen LogP contribution in [0.25, 0.3) is 0 Å². The van der Waals surface area contributed by atoms with Crippen LogP contribution in [0, 0.1) is 0 Å². The number of benzene rings is 1. The summed E-state index contributed by atoms with van der Waals surface area (Å²) in [5.41, 5.74) is 5.78. The molecule has 1 aromatic carbocycles. The van der Waals surface area contributed by atoms with Gasteiger partial charge in [-0.15, -0.1) is 0 Å². The molecule has 0 aliphatic rings. The molecule has 1 aromatic rings. The van der Waals surface area contributed by atoms with Gasteiger partial charge in [0.25, 0.3) is 0 Å². The monoisotopic (exact) mass is 349 g/mol. The summed E-state index contributed by atoms with van der Waals surface area (Å²) >= 11 is 3.20. The number of carbonyl (C=O) groups excluding carboxylic acids is 1. The Balaban J connectivity index is 2.95. The van der Waals surface area contributed by atoms with Crippen LogP contribution in [0.15, 0.2) is 27.6 Å². The average Bonchev–Trinajstić information content (AvgIpc) is 2.27. The number of sulfonamides is 1. The standard InChI is InChI=1S/C11H16BrN3O3S/c1-3-14-11(16)7(2)15-19(17,18)10-5-4-8(12)6-9(10)13/h4-7,15H,3,13H2,1-2H3,(H,14,16). The second kappa shape index (κ2) is 6.36. The van der Waals surface area contributed by atoms with E-state index in [0.717, 1.165) is 0 Å². The van der Waals surface area contributed by atoms with E-state index in [1.165, 1.54) is 19.1 Å². The number of anilines is 1. The van der Waals surface area contributed by atoms with Gasteiger partial charge in [0.1, 0.15) is 4.90 Å². The van der Waals surface area contributed by atoms with Crippen molar-refractivity contribution in [2.24, 2.45) is 0 Å². The van der Waals surface area contributed by atoms with Crippen LogP contribution in [0.1, 0.15) is 13.8 Å². The molecule has 0 bridgehead atoms. The molecule has 0 fully saturated rings. The predicted octanol–water partition coefficient (Wildman–Crippen LogP) is 0.834. The maximum absolute atomic E-state index is 12.1. The van der Waals surface area contributed by atoms with Crippen molar-refractivity contribution in [3.8, 4) is 0 Å². The van der Waals surface area contributed by atoms with Crippen LogP contribution < -0.4 is 15.8 Å². The molecule has 19 heavy (non-hydrogen) atoms. The Bertz CT molecular complexity index is 575. The van der Waals surface area contributed by atoms with Crippen molar-refractivity contribution >= 4 is 37.5 Å². The van der Waals surface area contributed by atoms with Crippen molar-refractivity contribution in [3.05, 3.63) is 22.7 Å². The van der Waals surface area contributed by atoms with Crippen LogP contribution in [-0.2, 0) is 14.8 Å². The summed E-state index contributed by atoms with van der Waals surface area (Å²) in [5, 5.41) is 2.54. The van der Waals surface area contributed by atoms with E-state index in [4.69, 9.17) is 5.73 Å². The molecule has 0 saturated heterocycles. The van der Waals surface area contributed by atoms with Crippen LogP contribution in [0.3, 0.4) is 0 Å². The molecule has 6 nitrogen and oxygen atoms in total. The van der Waals surface area contributed by atoms with Crippen molar-refractivity contribution in [3.63, 3.8) is 0 Å². The number of likely N-dealkylation sites (N-methyl/N-ethyl adjacent to an activating group) is 1. The lowest BCUT2D eigenvalue weighted by molar-refractivity contribution is -0.122. The van der Waals surface area contributed by atoms with Crippen LogP contribution >= 0.6 is 15.9 Å². The Morgan fingerprint density at radius 2 is 2.11 bits per heavy atom. The summed E-state index contributed by atoms with van der Waals surface area (Å²) in [5.74, 6) is -0.387. The maximum Gasteiger partial charge on any atom is 0.243 e. The van der Waals surface area contributed by atoms with E-state index in [9.17, 15) is 13.2 Å². The summed E-state index contributed by atoms with van der Waals surface area (Å²) in [7, 11) is -3.83. The SMILES string of the molecule is CCNC(=O)C(C)NS(=O)(=O)c1ccc(Br)cc1N. The molecule has 0 saturated carbocycles. The number of carbonyl (C=O) groups is 1. The fourth-order valence-corrected chi connectivity index (χ4v) is 3.14. The summed E-state index contributed by atoms with van der Waals surface area (Å²) in [4.78, 5) is 11.5. The minimum atomic E-state index is -3.83. The van der Waals surface area contributed by atoms with Crippen molar-refractivity contribution in [2.45, 2.75) is 24.8 Å². The van der Waals surface area contributed by atoms with Gasteiger partial charge in [-0.2, -0.15) is 4.72 Å². The summed E-state index contributed by atoms with van der Waals surface area (Å²) < 4.78 is 27.2. The van der Waals surface area contributed by atoms with Gasteiger partial charge in [-0.3, -0.25) is 4.79 Å². The molecule has 1 unspecified atom stereocenters. The molecule has 0 radical (unpaired) electrons. The number of nitrogen functional groups attached to an aromatic ring is 1. The third-order valence-electron chi connectivity index (χ3n) is 2.34.